The van der Waals surface area contributed by atoms with Crippen LogP contribution in [0.15, 0.2) is 24.3 Å². The fraction of sp³-hybridized carbons (Fsp3) is 0.533. The number of benzene rings is 1. The second-order valence-electron chi connectivity index (χ2n) is 4.98. The van der Waals surface area contributed by atoms with Crippen molar-refractivity contribution in [2.75, 3.05) is 40.0 Å². The molecule has 1 aromatic rings. The molecule has 1 saturated heterocycles. The maximum atomic E-state index is 12.1. The molecule has 5 heteroatoms. The predicted molar refractivity (Wildman–Crippen MR) is 74.3 cm³/mol. The number of carbonyl (C=O) groups is 1. The maximum absolute atomic E-state index is 12.1. The van der Waals surface area contributed by atoms with Crippen LogP contribution in [0, 0.1) is 0 Å². The summed E-state index contributed by atoms with van der Waals surface area (Å²) in [5.74, 6) is 0.214. The summed E-state index contributed by atoms with van der Waals surface area (Å²) in [5.41, 5.74) is 0.471. The fourth-order valence-corrected chi connectivity index (χ4v) is 2.37. The van der Waals surface area contributed by atoms with E-state index in [0.717, 1.165) is 32.8 Å². The Kier molecular flexibility index (Phi) is 5.38. The predicted octanol–water partition coefficient (Wildman–Crippen LogP) is 0.156. The lowest BCUT2D eigenvalue weighted by molar-refractivity contribution is -0.910. The van der Waals surface area contributed by atoms with E-state index in [4.69, 9.17) is 14.2 Å². The zero-order valence-corrected chi connectivity index (χ0v) is 12.1. The molecule has 1 aromatic carbocycles. The molecule has 1 unspecified atom stereocenters. The lowest BCUT2D eigenvalue weighted by Crippen LogP contribution is -3.15. The largest absolute Gasteiger partial charge is 0.496 e. The number of ether oxygens (including phenoxy) is 3. The zero-order chi connectivity index (χ0) is 14.4. The van der Waals surface area contributed by atoms with E-state index in [1.807, 2.05) is 13.0 Å². The Balaban J connectivity index is 1.89. The summed E-state index contributed by atoms with van der Waals surface area (Å²) >= 11 is 0. The highest BCUT2D eigenvalue weighted by atomic mass is 16.5. The third kappa shape index (κ3) is 3.95. The van der Waals surface area contributed by atoms with Crippen LogP contribution in [0.1, 0.15) is 17.3 Å². The van der Waals surface area contributed by atoms with Crippen LogP contribution in [-0.2, 0) is 9.47 Å². The summed E-state index contributed by atoms with van der Waals surface area (Å²) in [5, 5.41) is 0. The number of quaternary nitrogens is 1. The average Bonchev–Trinajstić information content (AvgIpc) is 2.48. The third-order valence-electron chi connectivity index (χ3n) is 3.41. The molecule has 2 rings (SSSR count). The lowest BCUT2D eigenvalue weighted by atomic mass is 10.2. The Hall–Kier alpha value is -1.59. The fourth-order valence-electron chi connectivity index (χ4n) is 2.37. The summed E-state index contributed by atoms with van der Waals surface area (Å²) < 4.78 is 16.0. The Bertz CT molecular complexity index is 443. The number of hydrogen-bond acceptors (Lipinski definition) is 4. The first-order valence-electron chi connectivity index (χ1n) is 6.96. The maximum Gasteiger partial charge on any atom is 0.342 e. The summed E-state index contributed by atoms with van der Waals surface area (Å²) in [7, 11) is 1.55. The van der Waals surface area contributed by atoms with Gasteiger partial charge in [-0.25, -0.2) is 4.79 Å². The van der Waals surface area contributed by atoms with E-state index < -0.39 is 0 Å². The van der Waals surface area contributed by atoms with E-state index in [0.29, 0.717) is 11.3 Å². The number of hydrogen-bond donors (Lipinski definition) is 1. The van der Waals surface area contributed by atoms with Crippen LogP contribution in [0.3, 0.4) is 0 Å². The molecule has 0 saturated carbocycles. The van der Waals surface area contributed by atoms with Crippen molar-refractivity contribution in [1.29, 1.82) is 0 Å². The van der Waals surface area contributed by atoms with Crippen LogP contribution in [0.4, 0.5) is 0 Å². The highest BCUT2D eigenvalue weighted by Gasteiger charge is 2.21. The van der Waals surface area contributed by atoms with Crippen molar-refractivity contribution in [3.05, 3.63) is 29.8 Å². The van der Waals surface area contributed by atoms with E-state index in [2.05, 4.69) is 0 Å². The lowest BCUT2D eigenvalue weighted by Gasteiger charge is -2.26. The van der Waals surface area contributed by atoms with Crippen LogP contribution in [0.25, 0.3) is 0 Å². The van der Waals surface area contributed by atoms with Gasteiger partial charge in [-0.05, 0) is 19.1 Å². The van der Waals surface area contributed by atoms with Crippen molar-refractivity contribution < 1.29 is 23.9 Å². The standard InChI is InChI=1S/C15H21NO4/c1-12(11-16-7-9-19-10-8-16)20-15(17)13-5-3-4-6-14(13)18-2/h3-6,12H,7-11H2,1-2H3/p+1. The van der Waals surface area contributed by atoms with E-state index in [9.17, 15) is 4.79 Å². The highest BCUT2D eigenvalue weighted by Crippen LogP contribution is 2.18. The quantitative estimate of drug-likeness (QED) is 0.780. The molecule has 20 heavy (non-hydrogen) atoms. The van der Waals surface area contributed by atoms with Gasteiger partial charge in [-0.15, -0.1) is 0 Å². The van der Waals surface area contributed by atoms with Gasteiger partial charge in [0, 0.05) is 0 Å². The molecule has 0 aliphatic carbocycles. The summed E-state index contributed by atoms with van der Waals surface area (Å²) in [6.45, 7) is 6.23. The Morgan fingerprint density at radius 1 is 1.35 bits per heavy atom. The van der Waals surface area contributed by atoms with Crippen LogP contribution in [-0.4, -0.2) is 52.0 Å². The number of carbonyl (C=O) groups excluding carboxylic acids is 1. The Labute approximate surface area is 119 Å². The van der Waals surface area contributed by atoms with Crippen molar-refractivity contribution in [3.63, 3.8) is 0 Å². The minimum atomic E-state index is -0.331. The molecule has 0 amide bonds. The molecule has 0 radical (unpaired) electrons. The van der Waals surface area contributed by atoms with Gasteiger partial charge in [-0.1, -0.05) is 12.1 Å². The van der Waals surface area contributed by atoms with E-state index in [-0.39, 0.29) is 12.1 Å². The second kappa shape index (κ2) is 7.26. The first-order chi connectivity index (χ1) is 9.70. The van der Waals surface area contributed by atoms with Gasteiger partial charge in [0.05, 0.1) is 20.3 Å². The number of morpholine rings is 1. The molecule has 1 fully saturated rings. The number of nitrogens with one attached hydrogen (secondary N) is 1. The van der Waals surface area contributed by atoms with Crippen molar-refractivity contribution in [1.82, 2.24) is 0 Å². The van der Waals surface area contributed by atoms with E-state index in [1.165, 1.54) is 4.90 Å². The molecule has 1 aliphatic rings. The summed E-state index contributed by atoms with van der Waals surface area (Å²) in [6.07, 6.45) is -0.125. The molecule has 0 aromatic heterocycles. The smallest absolute Gasteiger partial charge is 0.342 e. The van der Waals surface area contributed by atoms with E-state index >= 15 is 0 Å². The molecule has 0 spiro atoms. The first kappa shape index (κ1) is 14.8. The molecule has 5 nitrogen and oxygen atoms in total. The van der Waals surface area contributed by atoms with Crippen LogP contribution < -0.4 is 9.64 Å². The number of esters is 1. The SMILES string of the molecule is COc1ccccc1C(=O)OC(C)C[NH+]1CCOCC1. The van der Waals surface area contributed by atoms with Gasteiger partial charge in [0.2, 0.25) is 0 Å². The van der Waals surface area contributed by atoms with Gasteiger partial charge in [0.1, 0.15) is 37.1 Å². The molecule has 1 aliphatic heterocycles. The summed E-state index contributed by atoms with van der Waals surface area (Å²) in [4.78, 5) is 13.6. The highest BCUT2D eigenvalue weighted by molar-refractivity contribution is 5.92. The molecule has 1 atom stereocenters. The zero-order valence-electron chi connectivity index (χ0n) is 12.1. The molecular weight excluding hydrogens is 258 g/mol. The summed E-state index contributed by atoms with van der Waals surface area (Å²) in [6, 6.07) is 7.11. The first-order valence-corrected chi connectivity index (χ1v) is 6.96. The third-order valence-corrected chi connectivity index (χ3v) is 3.41. The van der Waals surface area contributed by atoms with Gasteiger partial charge in [-0.2, -0.15) is 0 Å². The molecule has 110 valence electrons. The number of methoxy groups -OCH3 is 1. The van der Waals surface area contributed by atoms with Crippen molar-refractivity contribution in [3.8, 4) is 5.75 Å². The molecular formula is C15H22NO4+. The van der Waals surface area contributed by atoms with Crippen molar-refractivity contribution in [2.45, 2.75) is 13.0 Å². The number of para-hydroxylation sites is 1. The monoisotopic (exact) mass is 280 g/mol. The van der Waals surface area contributed by atoms with Crippen LogP contribution >= 0.6 is 0 Å². The van der Waals surface area contributed by atoms with Gasteiger partial charge in [0.25, 0.3) is 0 Å². The van der Waals surface area contributed by atoms with Crippen molar-refractivity contribution in [2.24, 2.45) is 0 Å². The van der Waals surface area contributed by atoms with Gasteiger partial charge in [0.15, 0.2) is 0 Å². The normalized spacial score (nSPS) is 17.5. The van der Waals surface area contributed by atoms with Crippen molar-refractivity contribution >= 4 is 5.97 Å². The average molecular weight is 280 g/mol. The van der Waals surface area contributed by atoms with Gasteiger partial charge < -0.3 is 19.1 Å². The van der Waals surface area contributed by atoms with Crippen LogP contribution in [0.2, 0.25) is 0 Å². The Morgan fingerprint density at radius 3 is 2.75 bits per heavy atom. The van der Waals surface area contributed by atoms with E-state index in [1.54, 1.807) is 25.3 Å². The van der Waals surface area contributed by atoms with Crippen LogP contribution in [0.5, 0.6) is 5.75 Å². The number of rotatable bonds is 5. The second-order valence-corrected chi connectivity index (χ2v) is 4.98. The molecule has 1 heterocycles. The van der Waals surface area contributed by atoms with Gasteiger partial charge in [-0.3, -0.25) is 0 Å². The molecule has 0 bridgehead atoms. The Morgan fingerprint density at radius 2 is 2.05 bits per heavy atom. The minimum absolute atomic E-state index is 0.125. The van der Waals surface area contributed by atoms with Gasteiger partial charge >= 0.3 is 5.97 Å². The topological polar surface area (TPSA) is 49.2 Å². The molecule has 1 N–H and O–H groups in total. The minimum Gasteiger partial charge on any atom is -0.496 e.